The average Bonchev–Trinajstić information content (AvgIpc) is 2.86. The van der Waals surface area contributed by atoms with Gasteiger partial charge >= 0.3 is 18.5 Å². The van der Waals surface area contributed by atoms with Gasteiger partial charge in [0.25, 0.3) is 0 Å². The zero-order chi connectivity index (χ0) is 33.8. The molecule has 3 aliphatic rings. The van der Waals surface area contributed by atoms with Gasteiger partial charge in [0, 0.05) is 0 Å². The van der Waals surface area contributed by atoms with Crippen LogP contribution in [0, 0.1) is 59.2 Å². The molecule has 0 aromatic heterocycles. The van der Waals surface area contributed by atoms with Crippen molar-refractivity contribution >= 4 is 0 Å². The van der Waals surface area contributed by atoms with E-state index in [9.17, 15) is 54.8 Å². The summed E-state index contributed by atoms with van der Waals surface area (Å²) in [7, 11) is 0. The first-order valence-electron chi connectivity index (χ1n) is 16.1. The molecule has 12 heteroatoms. The highest BCUT2D eigenvalue weighted by Gasteiger charge is 2.59. The molecule has 3 rings (SSSR count). The molecule has 3 aliphatic carbocycles. The second-order valence-electron chi connectivity index (χ2n) is 15.4. The minimum absolute atomic E-state index is 0.00633. The lowest BCUT2D eigenvalue weighted by Gasteiger charge is -2.50. The van der Waals surface area contributed by atoms with Gasteiger partial charge in [-0.15, -0.1) is 0 Å². The number of hydrogen-bond acceptors (Lipinski definition) is 3. The molecule has 11 unspecified atom stereocenters. The molecule has 0 radical (unpaired) electrons. The van der Waals surface area contributed by atoms with Crippen LogP contribution in [0.3, 0.4) is 0 Å². The Bertz CT molecular complexity index is 894. The molecule has 0 aliphatic heterocycles. The van der Waals surface area contributed by atoms with E-state index >= 15 is 0 Å². The number of rotatable bonds is 7. The normalized spacial score (nSPS) is 40.5. The Morgan fingerprint density at radius 1 is 0.455 bits per heavy atom. The van der Waals surface area contributed by atoms with Gasteiger partial charge < -0.3 is 15.3 Å². The Morgan fingerprint density at radius 3 is 1.02 bits per heavy atom. The fourth-order valence-electron chi connectivity index (χ4n) is 8.70. The molecule has 3 N–H and O–H groups in total. The van der Waals surface area contributed by atoms with Crippen molar-refractivity contribution in [2.75, 3.05) is 0 Å². The third kappa shape index (κ3) is 7.52. The lowest BCUT2D eigenvalue weighted by atomic mass is 9.57. The van der Waals surface area contributed by atoms with Crippen molar-refractivity contribution < 1.29 is 54.8 Å². The van der Waals surface area contributed by atoms with Gasteiger partial charge in [0.1, 0.15) is 0 Å². The zero-order valence-electron chi connectivity index (χ0n) is 26.6. The maximum Gasteiger partial charge on any atom is 0.417 e. The maximum atomic E-state index is 14.1. The van der Waals surface area contributed by atoms with E-state index < -0.39 is 53.1 Å². The zero-order valence-corrected chi connectivity index (χ0v) is 26.6. The molecule has 0 amide bonds. The lowest BCUT2D eigenvalue weighted by Crippen LogP contribution is -2.53. The van der Waals surface area contributed by atoms with E-state index in [4.69, 9.17) is 0 Å². The van der Waals surface area contributed by atoms with Crippen molar-refractivity contribution in [3.63, 3.8) is 0 Å². The fourth-order valence-corrected chi connectivity index (χ4v) is 8.70. The summed E-state index contributed by atoms with van der Waals surface area (Å²) in [5, 5.41) is 31.5. The van der Waals surface area contributed by atoms with Gasteiger partial charge in [-0.25, -0.2) is 0 Å². The Labute approximate surface area is 255 Å². The Balaban J connectivity index is 1.88. The maximum absolute atomic E-state index is 14.1. The SMILES string of the molecule is CC1CCC(C(C)(O)C(F)(F)F)CC1CC1CC(C(C)(O)C(F)(F)F)CC(CC2CC(C(C)(O)C(F)(F)F)CCC2C)C1C. The van der Waals surface area contributed by atoms with Crippen LogP contribution >= 0.6 is 0 Å². The highest BCUT2D eigenvalue weighted by Crippen LogP contribution is 2.55. The minimum Gasteiger partial charge on any atom is -0.380 e. The third-order valence-electron chi connectivity index (χ3n) is 12.7. The standard InChI is InChI=1S/C32H51F9O3/c1-17-7-9-24(27(4,42)30(33,34)35)13-20(17)11-22-15-26(29(6,44)32(39,40)41)16-23(19(22)3)12-21-14-25(10-8-18(21)2)28(5,43)31(36,37)38/h17-26,42-44H,7-16H2,1-6H3. The molecule has 260 valence electrons. The second-order valence-corrected chi connectivity index (χ2v) is 15.4. The van der Waals surface area contributed by atoms with Crippen LogP contribution in [0.2, 0.25) is 0 Å². The van der Waals surface area contributed by atoms with Crippen LogP contribution in [0.15, 0.2) is 0 Å². The van der Waals surface area contributed by atoms with E-state index in [0.29, 0.717) is 25.7 Å². The van der Waals surface area contributed by atoms with E-state index in [0.717, 1.165) is 20.8 Å². The molecule has 0 aromatic rings. The summed E-state index contributed by atoms with van der Waals surface area (Å²) in [4.78, 5) is 0. The molecule has 3 nitrogen and oxygen atoms in total. The van der Waals surface area contributed by atoms with Crippen molar-refractivity contribution in [1.82, 2.24) is 0 Å². The first kappa shape index (κ1) is 37.7. The summed E-state index contributed by atoms with van der Waals surface area (Å²) >= 11 is 0. The first-order valence-corrected chi connectivity index (χ1v) is 16.1. The fraction of sp³-hybridized carbons (Fsp3) is 1.00. The first-order chi connectivity index (χ1) is 19.7. The largest absolute Gasteiger partial charge is 0.417 e. The Kier molecular flexibility index (Phi) is 10.9. The van der Waals surface area contributed by atoms with E-state index in [1.807, 2.05) is 20.8 Å². The van der Waals surface area contributed by atoms with E-state index in [1.165, 1.54) is 0 Å². The van der Waals surface area contributed by atoms with Crippen molar-refractivity contribution in [1.29, 1.82) is 0 Å². The van der Waals surface area contributed by atoms with Crippen LogP contribution in [-0.2, 0) is 0 Å². The molecule has 3 saturated carbocycles. The van der Waals surface area contributed by atoms with Crippen molar-refractivity contribution in [2.45, 2.75) is 141 Å². The van der Waals surface area contributed by atoms with Gasteiger partial charge in [-0.1, -0.05) is 33.6 Å². The van der Waals surface area contributed by atoms with Crippen LogP contribution < -0.4 is 0 Å². The van der Waals surface area contributed by atoms with Gasteiger partial charge in [-0.2, -0.15) is 39.5 Å². The monoisotopic (exact) mass is 654 g/mol. The number of alkyl halides is 9. The van der Waals surface area contributed by atoms with Crippen LogP contribution in [-0.4, -0.2) is 50.7 Å². The molecule has 3 fully saturated rings. The highest BCUT2D eigenvalue weighted by molar-refractivity contribution is 5.00. The molecule has 11 atom stereocenters. The van der Waals surface area contributed by atoms with Crippen molar-refractivity contribution in [2.24, 2.45) is 59.2 Å². The number of halogens is 9. The highest BCUT2D eigenvalue weighted by atomic mass is 19.4. The minimum atomic E-state index is -4.92. The van der Waals surface area contributed by atoms with Gasteiger partial charge in [0.15, 0.2) is 16.8 Å². The van der Waals surface area contributed by atoms with E-state index in [2.05, 4.69) is 0 Å². The predicted octanol–water partition coefficient (Wildman–Crippen LogP) is 9.09. The molecule has 0 bridgehead atoms. The average molecular weight is 655 g/mol. The summed E-state index contributed by atoms with van der Waals surface area (Å²) in [6, 6.07) is 0. The summed E-state index contributed by atoms with van der Waals surface area (Å²) in [5.41, 5.74) is -8.79. The van der Waals surface area contributed by atoms with Gasteiger partial charge in [0.05, 0.1) is 0 Å². The third-order valence-corrected chi connectivity index (χ3v) is 12.7. The molecule has 0 heterocycles. The predicted molar refractivity (Wildman–Crippen MR) is 148 cm³/mol. The van der Waals surface area contributed by atoms with E-state index in [1.54, 1.807) is 0 Å². The molecule has 0 aromatic carbocycles. The topological polar surface area (TPSA) is 60.7 Å². The molecule has 0 saturated heterocycles. The van der Waals surface area contributed by atoms with Crippen LogP contribution in [0.4, 0.5) is 39.5 Å². The van der Waals surface area contributed by atoms with Crippen LogP contribution in [0.1, 0.15) is 106 Å². The molecule has 0 spiro atoms. The van der Waals surface area contributed by atoms with Gasteiger partial charge in [-0.3, -0.25) is 0 Å². The number of hydrogen-bond donors (Lipinski definition) is 3. The van der Waals surface area contributed by atoms with Crippen molar-refractivity contribution in [3.05, 3.63) is 0 Å². The van der Waals surface area contributed by atoms with Gasteiger partial charge in [0.2, 0.25) is 0 Å². The van der Waals surface area contributed by atoms with Crippen molar-refractivity contribution in [3.8, 4) is 0 Å². The van der Waals surface area contributed by atoms with Crippen LogP contribution in [0.25, 0.3) is 0 Å². The quantitative estimate of drug-likeness (QED) is 0.240. The Morgan fingerprint density at radius 2 is 0.727 bits per heavy atom. The summed E-state index contributed by atoms with van der Waals surface area (Å²) < 4.78 is 124. The lowest BCUT2D eigenvalue weighted by molar-refractivity contribution is -0.281. The summed E-state index contributed by atoms with van der Waals surface area (Å²) in [6.45, 7) is 8.02. The summed E-state index contributed by atoms with van der Waals surface area (Å²) in [5.74, 6) is -4.74. The molecular formula is C32H51F9O3. The van der Waals surface area contributed by atoms with E-state index in [-0.39, 0.29) is 80.0 Å². The Hall–Kier alpha value is -0.750. The second kappa shape index (κ2) is 12.7. The molecule has 44 heavy (non-hydrogen) atoms. The summed E-state index contributed by atoms with van der Waals surface area (Å²) in [6.07, 6.45) is -12.4. The van der Waals surface area contributed by atoms with Crippen LogP contribution in [0.5, 0.6) is 0 Å². The number of aliphatic hydroxyl groups is 3. The smallest absolute Gasteiger partial charge is 0.380 e. The van der Waals surface area contributed by atoms with Gasteiger partial charge in [-0.05, 0) is 131 Å². The molecular weight excluding hydrogens is 603 g/mol.